The van der Waals surface area contributed by atoms with E-state index in [2.05, 4.69) is 4.72 Å². The van der Waals surface area contributed by atoms with Crippen molar-refractivity contribution >= 4 is 16.3 Å². The van der Waals surface area contributed by atoms with Crippen LogP contribution in [0.3, 0.4) is 0 Å². The zero-order valence-electron chi connectivity index (χ0n) is 14.8. The number of carbonyl (C=O) groups excluding carboxylic acids is 1. The van der Waals surface area contributed by atoms with E-state index in [1.54, 1.807) is 55.6 Å². The minimum atomic E-state index is -3.62. The highest BCUT2D eigenvalue weighted by molar-refractivity contribution is 7.89. The summed E-state index contributed by atoms with van der Waals surface area (Å²) in [6.07, 6.45) is 0.785. The molecule has 1 N–H and O–H groups in total. The highest BCUT2D eigenvalue weighted by Gasteiger charge is 2.14. The number of benzene rings is 3. The largest absolute Gasteiger partial charge is 0.497 e. The number of methoxy groups -OCH3 is 1. The number of sulfonamides is 1. The summed E-state index contributed by atoms with van der Waals surface area (Å²) in [7, 11) is -2.06. The first-order valence-corrected chi connectivity index (χ1v) is 9.78. The SMILES string of the molecule is COc1cccc(CNS(=O)(=O)c2ccc(-c3ccc(C=O)cc3)cc2)c1. The molecule has 0 saturated heterocycles. The van der Waals surface area contributed by atoms with Gasteiger partial charge in [-0.3, -0.25) is 4.79 Å². The molecule has 0 heterocycles. The number of rotatable bonds is 7. The standard InChI is InChI=1S/C21H19NO4S/c1-26-20-4-2-3-17(13-20)14-22-27(24,25)21-11-9-19(10-12-21)18-7-5-16(15-23)6-8-18/h2-13,15,22H,14H2,1H3. The maximum Gasteiger partial charge on any atom is 0.240 e. The van der Waals surface area contributed by atoms with E-state index in [0.29, 0.717) is 11.3 Å². The van der Waals surface area contributed by atoms with Crippen LogP contribution in [-0.2, 0) is 16.6 Å². The zero-order valence-corrected chi connectivity index (χ0v) is 15.6. The molecule has 0 aliphatic carbocycles. The quantitative estimate of drug-likeness (QED) is 0.634. The van der Waals surface area contributed by atoms with Gasteiger partial charge >= 0.3 is 0 Å². The molecule has 0 atom stereocenters. The first-order valence-electron chi connectivity index (χ1n) is 8.30. The molecule has 0 radical (unpaired) electrons. The summed E-state index contributed by atoms with van der Waals surface area (Å²) in [5.74, 6) is 0.677. The molecule has 6 heteroatoms. The number of carbonyl (C=O) groups is 1. The van der Waals surface area contributed by atoms with Crippen molar-refractivity contribution in [1.29, 1.82) is 0 Å². The van der Waals surface area contributed by atoms with Crippen LogP contribution in [0.1, 0.15) is 15.9 Å². The van der Waals surface area contributed by atoms with Gasteiger partial charge < -0.3 is 4.74 Å². The second-order valence-corrected chi connectivity index (χ2v) is 7.71. The molecular weight excluding hydrogens is 362 g/mol. The molecule has 0 aliphatic heterocycles. The molecule has 0 unspecified atom stereocenters. The molecule has 3 aromatic rings. The monoisotopic (exact) mass is 381 g/mol. The lowest BCUT2D eigenvalue weighted by Gasteiger charge is -2.09. The maximum atomic E-state index is 12.5. The third-order valence-corrected chi connectivity index (χ3v) is 5.56. The van der Waals surface area contributed by atoms with Gasteiger partial charge in [-0.05, 0) is 41.0 Å². The molecule has 5 nitrogen and oxygen atoms in total. The molecular formula is C21H19NO4S. The Morgan fingerprint density at radius 2 is 1.56 bits per heavy atom. The van der Waals surface area contributed by atoms with E-state index in [1.807, 2.05) is 24.3 Å². The summed E-state index contributed by atoms with van der Waals surface area (Å²) in [4.78, 5) is 10.9. The predicted molar refractivity (Wildman–Crippen MR) is 104 cm³/mol. The summed E-state index contributed by atoms with van der Waals surface area (Å²) in [5, 5.41) is 0. The number of hydrogen-bond donors (Lipinski definition) is 1. The number of aldehydes is 1. The molecule has 3 rings (SSSR count). The van der Waals surface area contributed by atoms with E-state index in [0.717, 1.165) is 23.0 Å². The van der Waals surface area contributed by atoms with Crippen molar-refractivity contribution in [3.05, 3.63) is 83.9 Å². The molecule has 27 heavy (non-hydrogen) atoms. The Labute approximate surface area is 158 Å². The van der Waals surface area contributed by atoms with E-state index >= 15 is 0 Å². The molecule has 0 spiro atoms. The van der Waals surface area contributed by atoms with E-state index in [4.69, 9.17) is 4.74 Å². The maximum absolute atomic E-state index is 12.5. The second-order valence-electron chi connectivity index (χ2n) is 5.94. The van der Waals surface area contributed by atoms with Gasteiger partial charge in [-0.25, -0.2) is 13.1 Å². The highest BCUT2D eigenvalue weighted by Crippen LogP contribution is 2.22. The van der Waals surface area contributed by atoms with Gasteiger partial charge in [0.1, 0.15) is 12.0 Å². The summed E-state index contributed by atoms with van der Waals surface area (Å²) < 4.78 is 32.8. The van der Waals surface area contributed by atoms with Crippen molar-refractivity contribution in [3.8, 4) is 16.9 Å². The lowest BCUT2D eigenvalue weighted by atomic mass is 10.0. The summed E-state index contributed by atoms with van der Waals surface area (Å²) in [5.41, 5.74) is 3.19. The van der Waals surface area contributed by atoms with Gasteiger partial charge in [0, 0.05) is 12.1 Å². The Morgan fingerprint density at radius 1 is 0.926 bits per heavy atom. The number of ether oxygens (including phenoxy) is 1. The molecule has 0 aliphatic rings. The van der Waals surface area contributed by atoms with Crippen molar-refractivity contribution < 1.29 is 17.9 Å². The fraction of sp³-hybridized carbons (Fsp3) is 0.0952. The van der Waals surface area contributed by atoms with Crippen LogP contribution in [0.25, 0.3) is 11.1 Å². The van der Waals surface area contributed by atoms with Crippen LogP contribution in [0.4, 0.5) is 0 Å². The van der Waals surface area contributed by atoms with Gasteiger partial charge in [0.15, 0.2) is 0 Å². The first-order chi connectivity index (χ1) is 13.0. The molecule has 0 saturated carbocycles. The van der Waals surface area contributed by atoms with Gasteiger partial charge in [-0.2, -0.15) is 0 Å². The molecule has 0 fully saturated rings. The smallest absolute Gasteiger partial charge is 0.240 e. The molecule has 138 valence electrons. The Kier molecular flexibility index (Phi) is 5.69. The fourth-order valence-electron chi connectivity index (χ4n) is 2.62. The van der Waals surface area contributed by atoms with Crippen molar-refractivity contribution in [2.45, 2.75) is 11.4 Å². The van der Waals surface area contributed by atoms with Crippen LogP contribution < -0.4 is 9.46 Å². The Morgan fingerprint density at radius 3 is 2.15 bits per heavy atom. The number of nitrogens with one attached hydrogen (secondary N) is 1. The van der Waals surface area contributed by atoms with Gasteiger partial charge in [0.2, 0.25) is 10.0 Å². The van der Waals surface area contributed by atoms with Gasteiger partial charge in [0.05, 0.1) is 12.0 Å². The van der Waals surface area contributed by atoms with Gasteiger partial charge in [-0.1, -0.05) is 48.5 Å². The van der Waals surface area contributed by atoms with E-state index < -0.39 is 10.0 Å². The summed E-state index contributed by atoms with van der Waals surface area (Å²) >= 11 is 0. The lowest BCUT2D eigenvalue weighted by molar-refractivity contribution is 0.112. The summed E-state index contributed by atoms with van der Waals surface area (Å²) in [6, 6.07) is 21.0. The minimum Gasteiger partial charge on any atom is -0.497 e. The third-order valence-electron chi connectivity index (χ3n) is 4.15. The zero-order chi connectivity index (χ0) is 19.3. The molecule has 0 aromatic heterocycles. The van der Waals surface area contributed by atoms with Crippen LogP contribution in [0.15, 0.2) is 77.7 Å². The summed E-state index contributed by atoms with van der Waals surface area (Å²) in [6.45, 7) is 0.175. The van der Waals surface area contributed by atoms with Crippen LogP contribution in [0.5, 0.6) is 5.75 Å². The molecule has 3 aromatic carbocycles. The topological polar surface area (TPSA) is 72.5 Å². The molecule has 0 bridgehead atoms. The van der Waals surface area contributed by atoms with Gasteiger partial charge in [0.25, 0.3) is 0 Å². The van der Waals surface area contributed by atoms with Crippen LogP contribution in [-0.4, -0.2) is 21.8 Å². The average Bonchev–Trinajstić information content (AvgIpc) is 2.73. The van der Waals surface area contributed by atoms with Crippen molar-refractivity contribution in [3.63, 3.8) is 0 Å². The molecule has 0 amide bonds. The van der Waals surface area contributed by atoms with E-state index in [1.165, 1.54) is 0 Å². The van der Waals surface area contributed by atoms with Crippen molar-refractivity contribution in [1.82, 2.24) is 4.72 Å². The normalized spacial score (nSPS) is 11.1. The van der Waals surface area contributed by atoms with E-state index in [-0.39, 0.29) is 11.4 Å². The minimum absolute atomic E-state index is 0.175. The van der Waals surface area contributed by atoms with E-state index in [9.17, 15) is 13.2 Å². The first kappa shape index (κ1) is 18.8. The average molecular weight is 381 g/mol. The van der Waals surface area contributed by atoms with Gasteiger partial charge in [-0.15, -0.1) is 0 Å². The van der Waals surface area contributed by atoms with Crippen molar-refractivity contribution in [2.24, 2.45) is 0 Å². The third kappa shape index (κ3) is 4.61. The van der Waals surface area contributed by atoms with Crippen LogP contribution in [0, 0.1) is 0 Å². The Balaban J connectivity index is 1.73. The highest BCUT2D eigenvalue weighted by atomic mass is 32.2. The fourth-order valence-corrected chi connectivity index (χ4v) is 3.64. The second kappa shape index (κ2) is 8.16. The van der Waals surface area contributed by atoms with Crippen LogP contribution in [0.2, 0.25) is 0 Å². The Hall–Kier alpha value is -2.96. The van der Waals surface area contributed by atoms with Crippen molar-refractivity contribution in [2.75, 3.05) is 7.11 Å². The predicted octanol–water partition coefficient (Wildman–Crippen LogP) is 3.65. The van der Waals surface area contributed by atoms with Crippen LogP contribution >= 0.6 is 0 Å². The lowest BCUT2D eigenvalue weighted by Crippen LogP contribution is -2.23. The Bertz CT molecular complexity index is 1030. The number of hydrogen-bond acceptors (Lipinski definition) is 4.